The molecule has 0 aliphatic carbocycles. The molecular weight excluding hydrogens is 350 g/mol. The first kappa shape index (κ1) is 17.0. The molecule has 0 bridgehead atoms. The molecule has 0 saturated carbocycles. The fourth-order valence-corrected chi connectivity index (χ4v) is 4.71. The summed E-state index contributed by atoms with van der Waals surface area (Å²) in [6, 6.07) is 10.8. The molecule has 1 saturated heterocycles. The van der Waals surface area contributed by atoms with Gasteiger partial charge in [0.1, 0.15) is 30.1 Å². The van der Waals surface area contributed by atoms with Gasteiger partial charge in [-0.15, -0.1) is 0 Å². The second-order valence-electron chi connectivity index (χ2n) is 5.67. The zero-order chi connectivity index (χ0) is 17.3. The standard InChI is InChI=1S/C17H16ClNO4S/c18-11-5-6-14(20)10(7-11)8-19-13(17(22)23)9-24-16(19)12-3-1-2-4-15(12)21/h1-7,13,16,20-21H,8-9H2,(H,22,23)/t13-,16-/m0/s1. The highest BCUT2D eigenvalue weighted by molar-refractivity contribution is 7.99. The quantitative estimate of drug-likeness (QED) is 0.742. The Morgan fingerprint density at radius 1 is 1.25 bits per heavy atom. The molecule has 1 aliphatic heterocycles. The third kappa shape index (κ3) is 3.31. The van der Waals surface area contributed by atoms with E-state index in [4.69, 9.17) is 11.6 Å². The summed E-state index contributed by atoms with van der Waals surface area (Å²) in [6.45, 7) is 0.261. The van der Waals surface area contributed by atoms with Crippen LogP contribution < -0.4 is 10.0 Å². The maximum Gasteiger partial charge on any atom is 0.165 e. The first-order valence-electron chi connectivity index (χ1n) is 7.40. The molecular formula is C17H16ClNO4S. The highest BCUT2D eigenvalue weighted by Crippen LogP contribution is 2.34. The van der Waals surface area contributed by atoms with Crippen molar-refractivity contribution in [2.45, 2.75) is 18.0 Å². The van der Waals surface area contributed by atoms with Crippen LogP contribution in [0.25, 0.3) is 0 Å². The third-order valence-corrected chi connectivity index (χ3v) is 5.80. The van der Waals surface area contributed by atoms with Gasteiger partial charge in [0.25, 0.3) is 0 Å². The van der Waals surface area contributed by atoms with E-state index >= 15 is 0 Å². The second kappa shape index (κ2) is 6.93. The van der Waals surface area contributed by atoms with E-state index in [2.05, 4.69) is 0 Å². The van der Waals surface area contributed by atoms with Crippen molar-refractivity contribution in [1.29, 1.82) is 0 Å². The largest absolute Gasteiger partial charge is 0.544 e. The summed E-state index contributed by atoms with van der Waals surface area (Å²) < 4.78 is 0. The minimum absolute atomic E-state index is 0.0666. The van der Waals surface area contributed by atoms with Gasteiger partial charge in [-0.25, -0.2) is 0 Å². The normalized spacial score (nSPS) is 23.3. The highest BCUT2D eigenvalue weighted by atomic mass is 35.5. The molecule has 7 heteroatoms. The fourth-order valence-electron chi connectivity index (χ4n) is 2.94. The number of hydrogen-bond donors (Lipinski definition) is 3. The van der Waals surface area contributed by atoms with Crippen LogP contribution in [0.15, 0.2) is 42.5 Å². The number of phenols is 2. The number of phenolic OH excluding ortho intramolecular Hbond substituents is 2. The predicted molar refractivity (Wildman–Crippen MR) is 89.9 cm³/mol. The number of aromatic hydroxyl groups is 2. The summed E-state index contributed by atoms with van der Waals surface area (Å²) in [6.07, 6.45) is 0. The van der Waals surface area contributed by atoms with Gasteiger partial charge >= 0.3 is 0 Å². The number of benzene rings is 2. The lowest BCUT2D eigenvalue weighted by Crippen LogP contribution is -3.14. The lowest BCUT2D eigenvalue weighted by atomic mass is 10.1. The molecule has 0 amide bonds. The number of carboxylic acid groups (broad SMARTS) is 1. The van der Waals surface area contributed by atoms with Crippen molar-refractivity contribution in [3.05, 3.63) is 58.6 Å². The van der Waals surface area contributed by atoms with Gasteiger partial charge in [-0.3, -0.25) is 0 Å². The molecule has 3 rings (SSSR count). The van der Waals surface area contributed by atoms with Crippen LogP contribution in [0.4, 0.5) is 0 Å². The molecule has 24 heavy (non-hydrogen) atoms. The molecule has 0 aromatic heterocycles. The molecule has 126 valence electrons. The van der Waals surface area contributed by atoms with E-state index in [1.807, 2.05) is 0 Å². The van der Waals surface area contributed by atoms with Crippen LogP contribution in [0.5, 0.6) is 11.5 Å². The molecule has 3 N–H and O–H groups in total. The molecule has 2 aromatic carbocycles. The van der Waals surface area contributed by atoms with Gasteiger partial charge in [0.15, 0.2) is 5.37 Å². The van der Waals surface area contributed by atoms with Crippen LogP contribution in [-0.4, -0.2) is 28.0 Å². The summed E-state index contributed by atoms with van der Waals surface area (Å²) in [7, 11) is 0. The molecule has 1 unspecified atom stereocenters. The van der Waals surface area contributed by atoms with E-state index in [9.17, 15) is 20.1 Å². The number of thioether (sulfide) groups is 1. The van der Waals surface area contributed by atoms with E-state index in [0.717, 1.165) is 0 Å². The Hall–Kier alpha value is -1.89. The van der Waals surface area contributed by atoms with Gasteiger partial charge in [0.2, 0.25) is 0 Å². The number of hydrogen-bond acceptors (Lipinski definition) is 5. The molecule has 2 aromatic rings. The SMILES string of the molecule is O=C([O-])[C@@H]1CS[C@@H](c2ccccc2O)[NH+]1Cc1cc(Cl)ccc1O. The lowest BCUT2D eigenvalue weighted by Gasteiger charge is -2.27. The van der Waals surface area contributed by atoms with Crippen LogP contribution in [0.1, 0.15) is 16.5 Å². The highest BCUT2D eigenvalue weighted by Gasteiger charge is 2.41. The van der Waals surface area contributed by atoms with Gasteiger partial charge in [-0.05, 0) is 30.3 Å². The molecule has 1 aliphatic rings. The van der Waals surface area contributed by atoms with Crippen molar-refractivity contribution in [2.24, 2.45) is 0 Å². The van der Waals surface area contributed by atoms with E-state index in [1.54, 1.807) is 36.4 Å². The second-order valence-corrected chi connectivity index (χ2v) is 7.24. The topological polar surface area (TPSA) is 85.0 Å². The summed E-state index contributed by atoms with van der Waals surface area (Å²) in [5, 5.41) is 31.9. The Morgan fingerprint density at radius 2 is 2.00 bits per heavy atom. The van der Waals surface area contributed by atoms with Crippen LogP contribution in [0.3, 0.4) is 0 Å². The zero-order valence-corrected chi connectivity index (χ0v) is 14.2. The van der Waals surface area contributed by atoms with Gasteiger partial charge in [0, 0.05) is 10.6 Å². The van der Waals surface area contributed by atoms with Crippen LogP contribution in [0.2, 0.25) is 5.02 Å². The van der Waals surface area contributed by atoms with Crippen molar-refractivity contribution in [1.82, 2.24) is 0 Å². The van der Waals surface area contributed by atoms with E-state index in [1.165, 1.54) is 17.8 Å². The average Bonchev–Trinajstić information content (AvgIpc) is 2.95. The van der Waals surface area contributed by atoms with E-state index < -0.39 is 12.0 Å². The van der Waals surface area contributed by atoms with Crippen molar-refractivity contribution in [3.63, 3.8) is 0 Å². The van der Waals surface area contributed by atoms with E-state index in [-0.39, 0.29) is 23.4 Å². The van der Waals surface area contributed by atoms with Crippen molar-refractivity contribution in [2.75, 3.05) is 5.75 Å². The summed E-state index contributed by atoms with van der Waals surface area (Å²) in [5.41, 5.74) is 1.23. The van der Waals surface area contributed by atoms with Gasteiger partial charge in [-0.1, -0.05) is 35.5 Å². The zero-order valence-electron chi connectivity index (χ0n) is 12.6. The Bertz CT molecular complexity index is 770. The fraction of sp³-hybridized carbons (Fsp3) is 0.235. The predicted octanol–water partition coefficient (Wildman–Crippen LogP) is 0.700. The number of carbonyl (C=O) groups excluding carboxylic acids is 1. The number of para-hydroxylation sites is 1. The number of carbonyl (C=O) groups is 1. The summed E-state index contributed by atoms with van der Waals surface area (Å²) in [4.78, 5) is 12.2. The number of aliphatic carboxylic acids is 1. The van der Waals surface area contributed by atoms with Gasteiger partial charge in [0.05, 0.1) is 11.3 Å². The van der Waals surface area contributed by atoms with Gasteiger partial charge < -0.3 is 25.0 Å². The minimum atomic E-state index is -1.14. The van der Waals surface area contributed by atoms with E-state index in [0.29, 0.717) is 26.8 Å². The van der Waals surface area contributed by atoms with Crippen molar-refractivity contribution < 1.29 is 25.0 Å². The third-order valence-electron chi connectivity index (χ3n) is 4.15. The molecule has 0 radical (unpaired) electrons. The molecule has 1 fully saturated rings. The average molecular weight is 366 g/mol. The smallest absolute Gasteiger partial charge is 0.165 e. The number of carboxylic acids is 1. The number of quaternary nitrogens is 1. The maximum atomic E-state index is 11.5. The van der Waals surface area contributed by atoms with Crippen LogP contribution >= 0.6 is 23.4 Å². The molecule has 5 nitrogen and oxygen atoms in total. The summed E-state index contributed by atoms with van der Waals surface area (Å²) in [5.74, 6) is -0.575. The monoisotopic (exact) mass is 365 g/mol. The Balaban J connectivity index is 1.96. The van der Waals surface area contributed by atoms with Crippen molar-refractivity contribution >= 4 is 29.3 Å². The Morgan fingerprint density at radius 3 is 2.71 bits per heavy atom. The van der Waals surface area contributed by atoms with Crippen LogP contribution in [-0.2, 0) is 11.3 Å². The van der Waals surface area contributed by atoms with Crippen LogP contribution in [0, 0.1) is 0 Å². The molecule has 0 spiro atoms. The first-order chi connectivity index (χ1) is 11.5. The first-order valence-corrected chi connectivity index (χ1v) is 8.83. The lowest BCUT2D eigenvalue weighted by molar-refractivity contribution is -0.940. The number of nitrogens with one attached hydrogen (secondary N) is 1. The molecule has 3 atom stereocenters. The van der Waals surface area contributed by atoms with Gasteiger partial charge in [-0.2, -0.15) is 0 Å². The Kier molecular flexibility index (Phi) is 4.89. The van der Waals surface area contributed by atoms with Crippen molar-refractivity contribution in [3.8, 4) is 11.5 Å². The maximum absolute atomic E-state index is 11.5. The molecule has 1 heterocycles. The number of rotatable bonds is 4. The summed E-state index contributed by atoms with van der Waals surface area (Å²) >= 11 is 7.44. The number of halogens is 1. The Labute approximate surface area is 148 Å². The minimum Gasteiger partial charge on any atom is -0.544 e.